The Labute approximate surface area is 265 Å². The van der Waals surface area contributed by atoms with Gasteiger partial charge in [-0.1, -0.05) is 109 Å². The molecule has 44 heavy (non-hydrogen) atoms. The van der Waals surface area contributed by atoms with Gasteiger partial charge in [-0.3, -0.25) is 19.2 Å². The minimum Gasteiger partial charge on any atom is -0.391 e. The van der Waals surface area contributed by atoms with Crippen molar-refractivity contribution in [2.24, 2.45) is 17.8 Å². The Balaban J connectivity index is 2.27. The molecule has 1 aliphatic carbocycles. The van der Waals surface area contributed by atoms with Crippen molar-refractivity contribution in [3.63, 3.8) is 0 Å². The van der Waals surface area contributed by atoms with Crippen molar-refractivity contribution in [3.05, 3.63) is 35.9 Å². The maximum Gasteiger partial charge on any atom is 0.243 e. The van der Waals surface area contributed by atoms with Gasteiger partial charge in [-0.2, -0.15) is 0 Å². The van der Waals surface area contributed by atoms with Gasteiger partial charge in [0.05, 0.1) is 12.1 Å². The molecule has 0 unspecified atom stereocenters. The Bertz CT molecular complexity index is 1030. The Hall–Kier alpha value is -2.94. The highest BCUT2D eigenvalue weighted by Gasteiger charge is 2.32. The number of amides is 4. The zero-order valence-electron chi connectivity index (χ0n) is 27.9. The number of hydrogen-bond acceptors (Lipinski definition) is 5. The van der Waals surface area contributed by atoms with Crippen LogP contribution in [-0.4, -0.2) is 59.0 Å². The summed E-state index contributed by atoms with van der Waals surface area (Å²) in [6.45, 7) is 10.5. The molecule has 0 saturated heterocycles. The van der Waals surface area contributed by atoms with Crippen molar-refractivity contribution >= 4 is 23.6 Å². The van der Waals surface area contributed by atoms with Crippen LogP contribution in [0.5, 0.6) is 0 Å². The van der Waals surface area contributed by atoms with Crippen LogP contribution in [0.4, 0.5) is 0 Å². The zero-order chi connectivity index (χ0) is 32.6. The molecule has 0 aliphatic heterocycles. The van der Waals surface area contributed by atoms with Gasteiger partial charge in [0, 0.05) is 19.9 Å². The first-order valence-corrected chi connectivity index (χ1v) is 16.8. The number of aliphatic hydroxyl groups excluding tert-OH is 1. The van der Waals surface area contributed by atoms with E-state index in [9.17, 15) is 24.3 Å². The van der Waals surface area contributed by atoms with Crippen LogP contribution in [0.2, 0.25) is 0 Å². The molecule has 0 bridgehead atoms. The number of carbonyl (C=O) groups excluding carboxylic acids is 4. The average Bonchev–Trinajstić information content (AvgIpc) is 2.98. The number of aliphatic hydroxyl groups is 1. The Kier molecular flexibility index (Phi) is 16.5. The molecule has 9 heteroatoms. The molecule has 4 amide bonds. The van der Waals surface area contributed by atoms with Gasteiger partial charge in [-0.15, -0.1) is 0 Å². The van der Waals surface area contributed by atoms with Crippen molar-refractivity contribution in [2.45, 2.75) is 142 Å². The SMILES string of the molecule is CC[C@H](C)[C@H](NC(C)=O)C(=O)N[C@@H](CCCC1CCCCC1)C[C@H](O)[C@H](Cc1ccccc1)NC(=O)[C@@H](NC(C)=O)C(C)C. The predicted molar refractivity (Wildman–Crippen MR) is 175 cm³/mol. The quantitative estimate of drug-likeness (QED) is 0.167. The fraction of sp³-hybridized carbons (Fsp3) is 0.714. The first-order valence-electron chi connectivity index (χ1n) is 16.8. The van der Waals surface area contributed by atoms with Crippen molar-refractivity contribution in [1.29, 1.82) is 0 Å². The lowest BCUT2D eigenvalue weighted by molar-refractivity contribution is -0.130. The number of nitrogens with one attached hydrogen (secondary N) is 4. The molecule has 0 aromatic heterocycles. The van der Waals surface area contributed by atoms with E-state index < -0.39 is 24.2 Å². The van der Waals surface area contributed by atoms with Crippen molar-refractivity contribution < 1.29 is 24.3 Å². The molecule has 5 N–H and O–H groups in total. The summed E-state index contributed by atoms with van der Waals surface area (Å²) in [6.07, 6.45) is 9.43. The van der Waals surface area contributed by atoms with Crippen LogP contribution < -0.4 is 21.3 Å². The van der Waals surface area contributed by atoms with Crippen molar-refractivity contribution in [1.82, 2.24) is 21.3 Å². The molecule has 0 radical (unpaired) electrons. The van der Waals surface area contributed by atoms with Crippen LogP contribution in [0.25, 0.3) is 0 Å². The lowest BCUT2D eigenvalue weighted by atomic mass is 9.85. The van der Waals surface area contributed by atoms with E-state index in [1.165, 1.54) is 46.0 Å². The summed E-state index contributed by atoms with van der Waals surface area (Å²) in [4.78, 5) is 50.7. The van der Waals surface area contributed by atoms with Gasteiger partial charge in [0.1, 0.15) is 12.1 Å². The predicted octanol–water partition coefficient (Wildman–Crippen LogP) is 4.41. The summed E-state index contributed by atoms with van der Waals surface area (Å²) in [6, 6.07) is 7.27. The van der Waals surface area contributed by atoms with Crippen LogP contribution in [0.15, 0.2) is 30.3 Å². The highest BCUT2D eigenvalue weighted by atomic mass is 16.3. The Morgan fingerprint density at radius 2 is 1.43 bits per heavy atom. The maximum atomic E-state index is 13.5. The molecule has 0 heterocycles. The second-order valence-corrected chi connectivity index (χ2v) is 13.2. The fourth-order valence-corrected chi connectivity index (χ4v) is 6.22. The molecule has 1 aromatic rings. The first-order chi connectivity index (χ1) is 20.9. The first kappa shape index (κ1) is 37.2. The summed E-state index contributed by atoms with van der Waals surface area (Å²) < 4.78 is 0. The van der Waals surface area contributed by atoms with Gasteiger partial charge in [0.15, 0.2) is 0 Å². The minimum absolute atomic E-state index is 0.0569. The summed E-state index contributed by atoms with van der Waals surface area (Å²) in [7, 11) is 0. The van der Waals surface area contributed by atoms with Gasteiger partial charge in [0.25, 0.3) is 0 Å². The molecular weight excluding hydrogens is 556 g/mol. The van der Waals surface area contributed by atoms with Gasteiger partial charge in [-0.25, -0.2) is 0 Å². The van der Waals surface area contributed by atoms with E-state index in [1.54, 1.807) is 0 Å². The summed E-state index contributed by atoms with van der Waals surface area (Å²) in [5.74, 6) is -0.665. The van der Waals surface area contributed by atoms with Gasteiger partial charge in [-0.05, 0) is 42.6 Å². The lowest BCUT2D eigenvalue weighted by Gasteiger charge is -2.32. The third-order valence-corrected chi connectivity index (χ3v) is 9.01. The smallest absolute Gasteiger partial charge is 0.243 e. The van der Waals surface area contributed by atoms with Crippen molar-refractivity contribution in [2.75, 3.05) is 0 Å². The maximum absolute atomic E-state index is 13.5. The molecule has 1 aromatic carbocycles. The number of carbonyl (C=O) groups is 4. The van der Waals surface area contributed by atoms with Crippen LogP contribution in [0.1, 0.15) is 111 Å². The molecule has 2 rings (SSSR count). The number of benzene rings is 1. The monoisotopic (exact) mass is 614 g/mol. The van der Waals surface area contributed by atoms with E-state index in [0.717, 1.165) is 24.8 Å². The minimum atomic E-state index is -0.966. The highest BCUT2D eigenvalue weighted by molar-refractivity contribution is 5.88. The van der Waals surface area contributed by atoms with E-state index in [0.29, 0.717) is 18.8 Å². The lowest BCUT2D eigenvalue weighted by Crippen LogP contribution is -2.56. The molecule has 9 nitrogen and oxygen atoms in total. The molecule has 6 atom stereocenters. The third-order valence-electron chi connectivity index (χ3n) is 9.01. The van der Waals surface area contributed by atoms with E-state index >= 15 is 0 Å². The van der Waals surface area contributed by atoms with Crippen LogP contribution in [0, 0.1) is 17.8 Å². The van der Waals surface area contributed by atoms with Crippen LogP contribution in [-0.2, 0) is 25.6 Å². The highest BCUT2D eigenvalue weighted by Crippen LogP contribution is 2.28. The number of hydrogen-bond donors (Lipinski definition) is 5. The molecule has 1 saturated carbocycles. The van der Waals surface area contributed by atoms with E-state index in [4.69, 9.17) is 0 Å². The topological polar surface area (TPSA) is 137 Å². The summed E-state index contributed by atoms with van der Waals surface area (Å²) >= 11 is 0. The Morgan fingerprint density at radius 3 is 2.00 bits per heavy atom. The van der Waals surface area contributed by atoms with Crippen LogP contribution >= 0.6 is 0 Å². The standard InChI is InChI=1S/C35H58N4O5/c1-7-24(4)33(37-26(6)41)35(44)38-29(20-14-19-27-15-10-8-11-16-27)22-31(42)30(21-28-17-12-9-13-18-28)39-34(43)32(23(2)3)36-25(5)40/h9,12-13,17-18,23-24,27,29-33,42H,7-8,10-11,14-16,19-22H2,1-6H3,(H,36,40)(H,37,41)(H,38,44)(H,39,43)/t24-,29-,30-,31-,32-,33-/m0/s1. The van der Waals surface area contributed by atoms with Crippen molar-refractivity contribution in [3.8, 4) is 0 Å². The molecule has 0 spiro atoms. The van der Waals surface area contributed by atoms with Crippen LogP contribution in [0.3, 0.4) is 0 Å². The van der Waals surface area contributed by atoms with E-state index in [1.807, 2.05) is 58.0 Å². The second kappa shape index (κ2) is 19.4. The molecular formula is C35H58N4O5. The second-order valence-electron chi connectivity index (χ2n) is 13.2. The largest absolute Gasteiger partial charge is 0.391 e. The Morgan fingerprint density at radius 1 is 0.841 bits per heavy atom. The fourth-order valence-electron chi connectivity index (χ4n) is 6.22. The molecule has 1 fully saturated rings. The summed E-state index contributed by atoms with van der Waals surface area (Å²) in [5.41, 5.74) is 0.956. The van der Waals surface area contributed by atoms with E-state index in [2.05, 4.69) is 21.3 Å². The normalized spacial score (nSPS) is 17.9. The summed E-state index contributed by atoms with van der Waals surface area (Å²) in [5, 5.41) is 23.4. The molecule has 1 aliphatic rings. The zero-order valence-corrected chi connectivity index (χ0v) is 27.9. The number of rotatable bonds is 18. The third kappa shape index (κ3) is 13.4. The average molecular weight is 615 g/mol. The van der Waals surface area contributed by atoms with E-state index in [-0.39, 0.29) is 47.9 Å². The van der Waals surface area contributed by atoms with Gasteiger partial charge < -0.3 is 26.4 Å². The van der Waals surface area contributed by atoms with Gasteiger partial charge in [0.2, 0.25) is 23.6 Å². The van der Waals surface area contributed by atoms with Gasteiger partial charge >= 0.3 is 0 Å². The molecule has 248 valence electrons.